The average molecular weight is 401 g/mol. The smallest absolute Gasteiger partial charge is 0.237 e. The second-order valence-electron chi connectivity index (χ2n) is 9.28. The molecule has 0 aromatic heterocycles. The minimum atomic E-state index is 0.271. The maximum absolute atomic E-state index is 12.6. The van der Waals surface area contributed by atoms with Gasteiger partial charge in [0.25, 0.3) is 0 Å². The molecule has 3 atom stereocenters. The molecule has 2 bridgehead atoms. The monoisotopic (exact) mass is 400 g/mol. The Kier molecular flexibility index (Phi) is 6.67. The topological polar surface area (TPSA) is 23.6 Å². The Morgan fingerprint density at radius 2 is 1.86 bits per heavy atom. The summed E-state index contributed by atoms with van der Waals surface area (Å²) in [7, 11) is 0. The predicted octanol–water partition coefficient (Wildman–Crippen LogP) is 5.58. The van der Waals surface area contributed by atoms with E-state index in [1.54, 1.807) is 11.8 Å². The number of carbonyl (C=O) groups excluding carboxylic acids is 1. The fourth-order valence-corrected chi connectivity index (χ4v) is 6.62. The first-order valence-corrected chi connectivity index (χ1v) is 12.4. The molecule has 4 rings (SSSR count). The number of benzene rings is 1. The molecule has 0 spiro atoms. The first-order chi connectivity index (χ1) is 13.7. The van der Waals surface area contributed by atoms with E-state index < -0.39 is 0 Å². The molecule has 3 unspecified atom stereocenters. The van der Waals surface area contributed by atoms with E-state index in [2.05, 4.69) is 47.9 Å². The first-order valence-electron chi connectivity index (χ1n) is 11.4. The Morgan fingerprint density at radius 1 is 1.11 bits per heavy atom. The maximum Gasteiger partial charge on any atom is 0.237 e. The van der Waals surface area contributed by atoms with Gasteiger partial charge in [-0.3, -0.25) is 9.69 Å². The SMILES string of the molecule is CCCCCC1CC2CCC(C1)N2CC(C)CN1C(=O)CSc2ccccc21. The largest absolute Gasteiger partial charge is 0.310 e. The molecular formula is C24H36N2OS. The van der Waals surface area contributed by atoms with Crippen LogP contribution in [-0.4, -0.2) is 41.7 Å². The number of unbranched alkanes of at least 4 members (excludes halogenated alkanes) is 2. The fraction of sp³-hybridized carbons (Fsp3) is 0.708. The van der Waals surface area contributed by atoms with E-state index in [1.807, 2.05) is 0 Å². The highest BCUT2D eigenvalue weighted by atomic mass is 32.2. The molecule has 28 heavy (non-hydrogen) atoms. The minimum Gasteiger partial charge on any atom is -0.310 e. The van der Waals surface area contributed by atoms with Crippen LogP contribution in [0.5, 0.6) is 0 Å². The molecule has 3 aliphatic heterocycles. The zero-order valence-corrected chi connectivity index (χ0v) is 18.4. The van der Waals surface area contributed by atoms with Crippen LogP contribution in [0.4, 0.5) is 5.69 Å². The van der Waals surface area contributed by atoms with Gasteiger partial charge in [-0.25, -0.2) is 0 Å². The number of fused-ring (bicyclic) bond motifs is 3. The molecule has 1 aromatic carbocycles. The summed E-state index contributed by atoms with van der Waals surface area (Å²) in [5.41, 5.74) is 1.12. The molecule has 1 aromatic rings. The van der Waals surface area contributed by atoms with Crippen molar-refractivity contribution in [1.82, 2.24) is 4.90 Å². The van der Waals surface area contributed by atoms with E-state index >= 15 is 0 Å². The Balaban J connectivity index is 1.34. The molecule has 4 heteroatoms. The van der Waals surface area contributed by atoms with Crippen LogP contribution in [0.15, 0.2) is 29.2 Å². The Morgan fingerprint density at radius 3 is 2.61 bits per heavy atom. The van der Waals surface area contributed by atoms with Gasteiger partial charge in [-0.15, -0.1) is 11.8 Å². The van der Waals surface area contributed by atoms with E-state index in [0.29, 0.717) is 11.7 Å². The van der Waals surface area contributed by atoms with Gasteiger partial charge in [0.05, 0.1) is 11.4 Å². The van der Waals surface area contributed by atoms with Gasteiger partial charge in [-0.1, -0.05) is 51.7 Å². The second-order valence-corrected chi connectivity index (χ2v) is 10.3. The number of hydrogen-bond acceptors (Lipinski definition) is 3. The summed E-state index contributed by atoms with van der Waals surface area (Å²) in [6.07, 6.45) is 11.2. The van der Waals surface area contributed by atoms with E-state index in [9.17, 15) is 4.79 Å². The number of anilines is 1. The maximum atomic E-state index is 12.6. The van der Waals surface area contributed by atoms with Crippen LogP contribution in [-0.2, 0) is 4.79 Å². The summed E-state index contributed by atoms with van der Waals surface area (Å²) in [6.45, 7) is 6.64. The molecule has 0 radical (unpaired) electrons. The number of piperidine rings is 1. The van der Waals surface area contributed by atoms with Crippen molar-refractivity contribution in [2.45, 2.75) is 82.2 Å². The number of para-hydroxylation sites is 1. The zero-order chi connectivity index (χ0) is 19.5. The molecule has 2 saturated heterocycles. The Labute approximate surface area is 175 Å². The van der Waals surface area contributed by atoms with Crippen LogP contribution in [0.3, 0.4) is 0 Å². The molecule has 154 valence electrons. The van der Waals surface area contributed by atoms with Crippen LogP contribution >= 0.6 is 11.8 Å². The summed E-state index contributed by atoms with van der Waals surface area (Å²) in [6, 6.07) is 9.98. The number of rotatable bonds is 8. The number of nitrogens with zero attached hydrogens (tertiary/aromatic N) is 2. The summed E-state index contributed by atoms with van der Waals surface area (Å²) in [5, 5.41) is 0. The van der Waals surface area contributed by atoms with E-state index in [4.69, 9.17) is 0 Å². The Bertz CT molecular complexity index is 664. The van der Waals surface area contributed by atoms with Gasteiger partial charge < -0.3 is 4.90 Å². The van der Waals surface area contributed by atoms with Crippen molar-refractivity contribution in [3.63, 3.8) is 0 Å². The van der Waals surface area contributed by atoms with Crippen molar-refractivity contribution in [1.29, 1.82) is 0 Å². The second kappa shape index (κ2) is 9.21. The van der Waals surface area contributed by atoms with Crippen LogP contribution < -0.4 is 4.90 Å². The van der Waals surface area contributed by atoms with Crippen molar-refractivity contribution < 1.29 is 4.79 Å². The van der Waals surface area contributed by atoms with Crippen molar-refractivity contribution in [3.8, 4) is 0 Å². The van der Waals surface area contributed by atoms with Gasteiger partial charge >= 0.3 is 0 Å². The number of hydrogen-bond donors (Lipinski definition) is 0. The van der Waals surface area contributed by atoms with Crippen molar-refractivity contribution >= 4 is 23.4 Å². The normalized spacial score (nSPS) is 28.4. The predicted molar refractivity (Wildman–Crippen MR) is 119 cm³/mol. The minimum absolute atomic E-state index is 0.271. The van der Waals surface area contributed by atoms with Crippen LogP contribution in [0, 0.1) is 11.8 Å². The van der Waals surface area contributed by atoms with Gasteiger partial charge in [0.2, 0.25) is 5.91 Å². The summed E-state index contributed by atoms with van der Waals surface area (Å²) < 4.78 is 0. The van der Waals surface area contributed by atoms with Crippen molar-refractivity contribution in [3.05, 3.63) is 24.3 Å². The lowest BCUT2D eigenvalue weighted by Gasteiger charge is -2.41. The molecule has 0 aliphatic carbocycles. The third-order valence-corrected chi connectivity index (χ3v) is 8.07. The summed E-state index contributed by atoms with van der Waals surface area (Å²) in [4.78, 5) is 18.7. The first kappa shape index (κ1) is 20.3. The van der Waals surface area contributed by atoms with E-state index in [1.165, 1.54) is 56.3 Å². The van der Waals surface area contributed by atoms with Crippen LogP contribution in [0.25, 0.3) is 0 Å². The summed E-state index contributed by atoms with van der Waals surface area (Å²) >= 11 is 1.68. The number of amides is 1. The van der Waals surface area contributed by atoms with Crippen LogP contribution in [0.2, 0.25) is 0 Å². The average Bonchev–Trinajstić information content (AvgIpc) is 2.92. The number of thioether (sulfide) groups is 1. The number of carbonyl (C=O) groups is 1. The summed E-state index contributed by atoms with van der Waals surface area (Å²) in [5.74, 6) is 2.33. The molecule has 0 saturated carbocycles. The molecule has 0 N–H and O–H groups in total. The third-order valence-electron chi connectivity index (χ3n) is 7.02. The molecule has 3 aliphatic rings. The van der Waals surface area contributed by atoms with Crippen LogP contribution in [0.1, 0.15) is 65.2 Å². The molecule has 2 fully saturated rings. The molecule has 1 amide bonds. The highest BCUT2D eigenvalue weighted by Gasteiger charge is 2.40. The van der Waals surface area contributed by atoms with Gasteiger partial charge in [0.1, 0.15) is 0 Å². The van der Waals surface area contributed by atoms with Crippen molar-refractivity contribution in [2.24, 2.45) is 11.8 Å². The lowest BCUT2D eigenvalue weighted by atomic mass is 9.86. The van der Waals surface area contributed by atoms with Gasteiger partial charge in [0, 0.05) is 30.1 Å². The molecular weight excluding hydrogens is 364 g/mol. The highest BCUT2D eigenvalue weighted by molar-refractivity contribution is 8.00. The van der Waals surface area contributed by atoms with Crippen molar-refractivity contribution in [2.75, 3.05) is 23.7 Å². The van der Waals surface area contributed by atoms with Gasteiger partial charge in [-0.05, 0) is 49.7 Å². The third kappa shape index (κ3) is 4.43. The van der Waals surface area contributed by atoms with Gasteiger partial charge in [0.15, 0.2) is 0 Å². The lowest BCUT2D eigenvalue weighted by molar-refractivity contribution is -0.116. The molecule has 3 nitrogen and oxygen atoms in total. The standard InChI is InChI=1S/C24H36N2OS/c1-3-4-5-8-19-13-20-11-12-21(14-19)25(20)15-18(2)16-26-22-9-6-7-10-23(22)28-17-24(26)27/h6-7,9-10,18-21H,3-5,8,11-17H2,1-2H3. The Hall–Kier alpha value is -1.00. The quantitative estimate of drug-likeness (QED) is 0.532. The van der Waals surface area contributed by atoms with E-state index in [0.717, 1.165) is 36.8 Å². The fourth-order valence-electron chi connectivity index (χ4n) is 5.69. The van der Waals surface area contributed by atoms with Gasteiger partial charge in [-0.2, -0.15) is 0 Å². The zero-order valence-electron chi connectivity index (χ0n) is 17.6. The highest BCUT2D eigenvalue weighted by Crippen LogP contribution is 2.41. The lowest BCUT2D eigenvalue weighted by Crippen LogP contribution is -2.47. The molecule has 3 heterocycles. The van der Waals surface area contributed by atoms with E-state index in [-0.39, 0.29) is 5.91 Å².